The summed E-state index contributed by atoms with van der Waals surface area (Å²) >= 11 is 0. The summed E-state index contributed by atoms with van der Waals surface area (Å²) in [6.45, 7) is 20.0. The minimum atomic E-state index is -0.00967. The molecule has 0 aliphatic carbocycles. The molecular formula is C38H50N4O2. The Morgan fingerprint density at radius 1 is 0.659 bits per heavy atom. The van der Waals surface area contributed by atoms with E-state index in [2.05, 4.69) is 81.9 Å². The summed E-state index contributed by atoms with van der Waals surface area (Å²) in [5, 5.41) is 22.0. The molecule has 4 aliphatic rings. The number of aliphatic hydroxyl groups is 2. The van der Waals surface area contributed by atoms with Gasteiger partial charge in [0.05, 0.1) is 22.8 Å². The Kier molecular flexibility index (Phi) is 9.33. The van der Waals surface area contributed by atoms with E-state index in [4.69, 9.17) is 9.98 Å². The lowest BCUT2D eigenvalue weighted by molar-refractivity contribution is 0.288. The van der Waals surface area contributed by atoms with Crippen LogP contribution in [0.25, 0.3) is 24.3 Å². The lowest BCUT2D eigenvalue weighted by Crippen LogP contribution is -2.36. The maximum Gasteiger partial charge on any atom is 0.108 e. The highest BCUT2D eigenvalue weighted by molar-refractivity contribution is 6.24. The minimum absolute atomic E-state index is 0.00967. The van der Waals surface area contributed by atoms with E-state index in [0.717, 1.165) is 54.2 Å². The molecule has 44 heavy (non-hydrogen) atoms. The highest BCUT2D eigenvalue weighted by Gasteiger charge is 2.30. The number of rotatable bonds is 8. The van der Waals surface area contributed by atoms with Gasteiger partial charge in [-0.2, -0.15) is 0 Å². The third-order valence-electron chi connectivity index (χ3n) is 9.82. The van der Waals surface area contributed by atoms with Gasteiger partial charge in [-0.3, -0.25) is 0 Å². The van der Waals surface area contributed by atoms with E-state index in [0.29, 0.717) is 12.8 Å². The molecule has 1 atom stereocenters. The molecule has 0 saturated heterocycles. The molecule has 2 N–H and O–H groups in total. The van der Waals surface area contributed by atoms with E-state index in [1.807, 2.05) is 13.8 Å². The minimum Gasteiger partial charge on any atom is -0.396 e. The predicted molar refractivity (Wildman–Crippen MR) is 186 cm³/mol. The van der Waals surface area contributed by atoms with Crippen LogP contribution in [0.3, 0.4) is 0 Å². The monoisotopic (exact) mass is 594 g/mol. The average Bonchev–Trinajstić information content (AvgIpc) is 3.66. The van der Waals surface area contributed by atoms with E-state index >= 15 is 0 Å². The molecule has 6 heterocycles. The van der Waals surface area contributed by atoms with E-state index in [-0.39, 0.29) is 19.4 Å². The average molecular weight is 595 g/mol. The Morgan fingerprint density at radius 2 is 1.23 bits per heavy atom. The van der Waals surface area contributed by atoms with Crippen molar-refractivity contribution in [1.82, 2.24) is 9.13 Å². The summed E-state index contributed by atoms with van der Waals surface area (Å²) in [6.07, 6.45) is 14.0. The van der Waals surface area contributed by atoms with Crippen molar-refractivity contribution < 1.29 is 10.2 Å². The van der Waals surface area contributed by atoms with Crippen molar-refractivity contribution in [3.05, 3.63) is 78.0 Å². The van der Waals surface area contributed by atoms with Gasteiger partial charge in [0, 0.05) is 35.3 Å². The van der Waals surface area contributed by atoms with Gasteiger partial charge in [-0.15, -0.1) is 0 Å². The number of aliphatic hydroxyl groups excluding tert-OH is 2. The number of nitrogens with zero attached hydrogens (tertiary/aromatic N) is 4. The molecule has 1 unspecified atom stereocenters. The van der Waals surface area contributed by atoms with Crippen LogP contribution in [-0.4, -0.2) is 44.0 Å². The molecule has 6 nitrogen and oxygen atoms in total. The van der Waals surface area contributed by atoms with Gasteiger partial charge in [0.25, 0.3) is 0 Å². The topological polar surface area (TPSA) is 75.0 Å². The molecule has 0 spiro atoms. The van der Waals surface area contributed by atoms with Gasteiger partial charge in [0.1, 0.15) is 6.17 Å². The standard InChI is InChI=1S/C36H44N4O2.C2H6/c1-8-25-20(3)30-17-35-26(9-2)22(5)33-16-29-21(4)27(12-10-14-41)32(38-29)19-36-28(13-11-15-42)23(6)34(18-31(25)37-30)40(36)24(7)39(33)35;1-2/h16-19,24,41-42H,8-15H2,1-7H3;1-2H3. The van der Waals surface area contributed by atoms with E-state index in [1.54, 1.807) is 0 Å². The summed E-state index contributed by atoms with van der Waals surface area (Å²) in [6, 6.07) is 0. The molecule has 0 saturated carbocycles. The van der Waals surface area contributed by atoms with Crippen molar-refractivity contribution in [2.24, 2.45) is 9.98 Å². The number of allylic oxidation sites excluding steroid dienone is 4. The molecule has 2 aromatic heterocycles. The van der Waals surface area contributed by atoms with E-state index in [1.165, 1.54) is 60.9 Å². The maximum atomic E-state index is 9.88. The van der Waals surface area contributed by atoms with E-state index in [9.17, 15) is 10.2 Å². The van der Waals surface area contributed by atoms with Crippen molar-refractivity contribution in [1.29, 1.82) is 0 Å². The summed E-state index contributed by atoms with van der Waals surface area (Å²) in [4.78, 5) is 10.5. The Balaban J connectivity index is 0.00000188. The predicted octanol–water partition coefficient (Wildman–Crippen LogP) is 6.48. The van der Waals surface area contributed by atoms with Gasteiger partial charge in [-0.1, -0.05) is 27.7 Å². The van der Waals surface area contributed by atoms with Crippen molar-refractivity contribution >= 4 is 35.7 Å². The van der Waals surface area contributed by atoms with Crippen LogP contribution in [0, 0.1) is 13.8 Å². The Morgan fingerprint density at radius 3 is 1.84 bits per heavy atom. The summed E-state index contributed by atoms with van der Waals surface area (Å²) in [7, 11) is 0. The summed E-state index contributed by atoms with van der Waals surface area (Å²) in [5.74, 6) is 0. The molecule has 6 bridgehead atoms. The molecule has 6 heteroatoms. The quantitative estimate of drug-likeness (QED) is 0.367. The van der Waals surface area contributed by atoms with Crippen LogP contribution < -0.4 is 10.7 Å². The lowest BCUT2D eigenvalue weighted by atomic mass is 9.98. The van der Waals surface area contributed by atoms with Gasteiger partial charge in [0.15, 0.2) is 0 Å². The second kappa shape index (κ2) is 12.9. The number of hydrogen-bond donors (Lipinski definition) is 2. The largest absolute Gasteiger partial charge is 0.396 e. The Labute approximate surface area is 262 Å². The van der Waals surface area contributed by atoms with Crippen molar-refractivity contribution in [2.75, 3.05) is 13.2 Å². The van der Waals surface area contributed by atoms with Crippen LogP contribution in [0.5, 0.6) is 0 Å². The van der Waals surface area contributed by atoms with Gasteiger partial charge in [-0.05, 0) is 142 Å². The first kappa shape index (κ1) is 31.9. The molecule has 234 valence electrons. The zero-order chi connectivity index (χ0) is 31.9. The molecule has 4 aliphatic heterocycles. The second-order valence-electron chi connectivity index (χ2n) is 12.0. The maximum absolute atomic E-state index is 9.88. The third-order valence-corrected chi connectivity index (χ3v) is 9.82. The van der Waals surface area contributed by atoms with E-state index < -0.39 is 0 Å². The molecular weight excluding hydrogens is 544 g/mol. The fourth-order valence-corrected chi connectivity index (χ4v) is 7.52. The van der Waals surface area contributed by atoms with Crippen LogP contribution in [0.1, 0.15) is 114 Å². The number of aliphatic imine (C=N–C) groups is 2. The fraction of sp³-hybridized carbons (Fsp3) is 0.474. The van der Waals surface area contributed by atoms with Crippen molar-refractivity contribution in [3.8, 4) is 0 Å². The third kappa shape index (κ3) is 4.96. The van der Waals surface area contributed by atoms with Crippen molar-refractivity contribution in [3.63, 3.8) is 0 Å². The van der Waals surface area contributed by atoms with Crippen LogP contribution in [0.15, 0.2) is 43.7 Å². The highest BCUT2D eigenvalue weighted by atomic mass is 16.3. The zero-order valence-electron chi connectivity index (χ0n) is 28.2. The van der Waals surface area contributed by atoms with Crippen molar-refractivity contribution in [2.45, 2.75) is 107 Å². The van der Waals surface area contributed by atoms with Crippen LogP contribution in [0.4, 0.5) is 0 Å². The van der Waals surface area contributed by atoms with Crippen LogP contribution >= 0.6 is 0 Å². The fourth-order valence-electron chi connectivity index (χ4n) is 7.52. The first-order chi connectivity index (χ1) is 21.2. The highest BCUT2D eigenvalue weighted by Crippen LogP contribution is 2.38. The number of fused-ring (bicyclic) bond motifs is 2. The second-order valence-corrected chi connectivity index (χ2v) is 12.0. The Hall–Kier alpha value is -3.48. The zero-order valence-corrected chi connectivity index (χ0v) is 28.2. The van der Waals surface area contributed by atoms with Gasteiger partial charge < -0.3 is 19.3 Å². The SMILES string of the molecule is CC.CCC1=C(C)C2=NC1=Cc1c(C)c(CCCO)c3n1C(C)n1c(c(C)c(CC)c1=C2)=CC1=NC(=C3)C(CCCO)=C1C. The summed E-state index contributed by atoms with van der Waals surface area (Å²) < 4.78 is 5.00. The molecule has 0 amide bonds. The lowest BCUT2D eigenvalue weighted by Gasteiger charge is -2.24. The smallest absolute Gasteiger partial charge is 0.108 e. The van der Waals surface area contributed by atoms with Gasteiger partial charge in [-0.25, -0.2) is 9.98 Å². The molecule has 0 aromatic carbocycles. The molecule has 0 fully saturated rings. The van der Waals surface area contributed by atoms with Gasteiger partial charge >= 0.3 is 0 Å². The number of aromatic nitrogens is 2. The molecule has 2 aromatic rings. The van der Waals surface area contributed by atoms with Gasteiger partial charge in [0.2, 0.25) is 0 Å². The Bertz CT molecular complexity index is 1810. The molecule has 6 rings (SSSR count). The first-order valence-corrected chi connectivity index (χ1v) is 16.7. The number of hydrogen-bond acceptors (Lipinski definition) is 4. The first-order valence-electron chi connectivity index (χ1n) is 16.7. The van der Waals surface area contributed by atoms with Crippen LogP contribution in [0.2, 0.25) is 0 Å². The summed E-state index contributed by atoms with van der Waals surface area (Å²) in [5.41, 5.74) is 16.5. The normalized spacial score (nSPS) is 18.2. The van der Waals surface area contributed by atoms with Crippen LogP contribution in [-0.2, 0) is 12.8 Å². The molecule has 0 radical (unpaired) electrons.